The summed E-state index contributed by atoms with van der Waals surface area (Å²) in [6.07, 6.45) is 9.90. The molecule has 0 spiro atoms. The van der Waals surface area contributed by atoms with Crippen molar-refractivity contribution >= 4 is 17.4 Å². The molecule has 0 radical (unpaired) electrons. The Hall–Kier alpha value is -3.52. The number of anilines is 1. The summed E-state index contributed by atoms with van der Waals surface area (Å²) >= 11 is 0. The van der Waals surface area contributed by atoms with Crippen LogP contribution in [0, 0.1) is 6.92 Å². The van der Waals surface area contributed by atoms with Crippen LogP contribution >= 0.6 is 0 Å². The molecule has 33 heavy (non-hydrogen) atoms. The Kier molecular flexibility index (Phi) is 4.95. The smallest absolute Gasteiger partial charge is 0.262 e. The van der Waals surface area contributed by atoms with Crippen LogP contribution in [0.4, 0.5) is 5.82 Å². The zero-order valence-electron chi connectivity index (χ0n) is 18.7. The van der Waals surface area contributed by atoms with Gasteiger partial charge in [0.2, 0.25) is 0 Å². The SMILES string of the molecule is Cc1ccc(-n2nc(C3CCN(C4CC4)CC3)cc2NC(=O)c2cnn3cccnc23)cc1. The minimum Gasteiger partial charge on any atom is -0.306 e. The van der Waals surface area contributed by atoms with Gasteiger partial charge in [-0.15, -0.1) is 0 Å². The van der Waals surface area contributed by atoms with E-state index in [1.165, 1.54) is 18.4 Å². The first-order valence-corrected chi connectivity index (χ1v) is 11.7. The van der Waals surface area contributed by atoms with Crippen LogP contribution in [-0.2, 0) is 0 Å². The van der Waals surface area contributed by atoms with Gasteiger partial charge < -0.3 is 10.2 Å². The number of hydrogen-bond acceptors (Lipinski definition) is 5. The Morgan fingerprint density at radius 2 is 1.88 bits per heavy atom. The van der Waals surface area contributed by atoms with Crippen molar-refractivity contribution in [3.63, 3.8) is 0 Å². The molecule has 1 aliphatic heterocycles. The summed E-state index contributed by atoms with van der Waals surface area (Å²) < 4.78 is 3.45. The molecular formula is C25H27N7O. The first kappa shape index (κ1) is 20.1. The molecule has 0 atom stereocenters. The second kappa shape index (κ2) is 8.12. The minimum atomic E-state index is -0.243. The van der Waals surface area contributed by atoms with Gasteiger partial charge in [0.05, 0.1) is 17.6 Å². The van der Waals surface area contributed by atoms with Crippen LogP contribution in [0.5, 0.6) is 0 Å². The highest BCUT2D eigenvalue weighted by atomic mass is 16.1. The minimum absolute atomic E-state index is 0.243. The standard InChI is InChI=1S/C25H27N7O/c1-17-3-5-20(6-4-17)32-23(28-25(33)21-16-27-31-12-2-11-26-24(21)31)15-22(29-32)18-9-13-30(14-10-18)19-7-8-19/h2-6,11-12,15-16,18-19H,7-10,13-14H2,1H3,(H,28,33). The second-order valence-corrected chi connectivity index (χ2v) is 9.14. The molecule has 168 valence electrons. The van der Waals surface area contributed by atoms with Crippen molar-refractivity contribution in [2.45, 2.75) is 44.6 Å². The summed E-state index contributed by atoms with van der Waals surface area (Å²) in [4.78, 5) is 20.1. The lowest BCUT2D eigenvalue weighted by molar-refractivity contribution is 0.102. The first-order valence-electron chi connectivity index (χ1n) is 11.7. The molecule has 8 nitrogen and oxygen atoms in total. The van der Waals surface area contributed by atoms with Crippen molar-refractivity contribution in [1.29, 1.82) is 0 Å². The number of carbonyl (C=O) groups excluding carboxylic acids is 1. The van der Waals surface area contributed by atoms with Crippen LogP contribution in [0.1, 0.15) is 53.2 Å². The number of nitrogens with one attached hydrogen (secondary N) is 1. The molecule has 1 N–H and O–H groups in total. The van der Waals surface area contributed by atoms with Gasteiger partial charge in [-0.3, -0.25) is 4.79 Å². The number of nitrogens with zero attached hydrogens (tertiary/aromatic N) is 6. The zero-order chi connectivity index (χ0) is 22.4. The number of fused-ring (bicyclic) bond motifs is 1. The molecule has 1 amide bonds. The number of hydrogen-bond donors (Lipinski definition) is 1. The van der Waals surface area contributed by atoms with E-state index in [-0.39, 0.29) is 5.91 Å². The van der Waals surface area contributed by atoms with Gasteiger partial charge in [0, 0.05) is 30.4 Å². The van der Waals surface area contributed by atoms with Gasteiger partial charge in [-0.2, -0.15) is 10.2 Å². The van der Waals surface area contributed by atoms with Crippen LogP contribution in [0.15, 0.2) is 55.0 Å². The number of amides is 1. The normalized spacial score (nSPS) is 17.5. The summed E-state index contributed by atoms with van der Waals surface area (Å²) in [6, 6.07) is 12.8. The quantitative estimate of drug-likeness (QED) is 0.509. The zero-order valence-corrected chi connectivity index (χ0v) is 18.7. The lowest BCUT2D eigenvalue weighted by Gasteiger charge is -2.31. The van der Waals surface area contributed by atoms with Crippen LogP contribution in [0.3, 0.4) is 0 Å². The number of aromatic nitrogens is 5. The highest BCUT2D eigenvalue weighted by molar-refractivity contribution is 6.07. The molecule has 2 aliphatic rings. The van der Waals surface area contributed by atoms with E-state index in [4.69, 9.17) is 5.10 Å². The Bertz CT molecular complexity index is 1290. The third-order valence-corrected chi connectivity index (χ3v) is 6.78. The molecule has 0 unspecified atom stereocenters. The molecule has 0 bridgehead atoms. The predicted octanol–water partition coefficient (Wildman–Crippen LogP) is 3.82. The summed E-state index contributed by atoms with van der Waals surface area (Å²) in [5.41, 5.74) is 4.12. The fraction of sp³-hybridized carbons (Fsp3) is 0.360. The van der Waals surface area contributed by atoms with Crippen LogP contribution in [-0.4, -0.2) is 54.3 Å². The molecule has 1 saturated carbocycles. The van der Waals surface area contributed by atoms with E-state index in [2.05, 4.69) is 39.4 Å². The molecule has 1 aliphatic carbocycles. The highest BCUT2D eigenvalue weighted by Crippen LogP contribution is 2.35. The van der Waals surface area contributed by atoms with Gasteiger partial charge >= 0.3 is 0 Å². The van der Waals surface area contributed by atoms with Gasteiger partial charge in [0.25, 0.3) is 5.91 Å². The van der Waals surface area contributed by atoms with E-state index in [9.17, 15) is 4.79 Å². The van der Waals surface area contributed by atoms with Crippen molar-refractivity contribution < 1.29 is 4.79 Å². The van der Waals surface area contributed by atoms with Crippen LogP contribution in [0.2, 0.25) is 0 Å². The highest BCUT2D eigenvalue weighted by Gasteiger charge is 2.33. The lowest BCUT2D eigenvalue weighted by atomic mass is 9.93. The molecule has 1 aromatic carbocycles. The van der Waals surface area contributed by atoms with E-state index >= 15 is 0 Å². The average molecular weight is 442 g/mol. The predicted molar refractivity (Wildman–Crippen MR) is 126 cm³/mol. The van der Waals surface area contributed by atoms with Gasteiger partial charge in [-0.25, -0.2) is 14.2 Å². The molecule has 3 aromatic heterocycles. The fourth-order valence-electron chi connectivity index (χ4n) is 4.74. The number of carbonyl (C=O) groups is 1. The summed E-state index contributed by atoms with van der Waals surface area (Å²) in [5, 5.41) is 12.3. The largest absolute Gasteiger partial charge is 0.306 e. The maximum atomic E-state index is 13.2. The van der Waals surface area contributed by atoms with Crippen LogP contribution < -0.4 is 5.32 Å². The second-order valence-electron chi connectivity index (χ2n) is 9.14. The Balaban J connectivity index is 1.31. The summed E-state index contributed by atoms with van der Waals surface area (Å²) in [6.45, 7) is 4.32. The van der Waals surface area contributed by atoms with E-state index in [1.807, 2.05) is 22.9 Å². The van der Waals surface area contributed by atoms with E-state index in [0.717, 1.165) is 43.4 Å². The average Bonchev–Trinajstić information content (AvgIpc) is 3.47. The molecular weight excluding hydrogens is 414 g/mol. The fourth-order valence-corrected chi connectivity index (χ4v) is 4.74. The Morgan fingerprint density at radius 1 is 1.09 bits per heavy atom. The summed E-state index contributed by atoms with van der Waals surface area (Å²) in [7, 11) is 0. The van der Waals surface area contributed by atoms with Crippen LogP contribution in [0.25, 0.3) is 11.3 Å². The summed E-state index contributed by atoms with van der Waals surface area (Å²) in [5.74, 6) is 0.826. The number of piperidine rings is 1. The maximum absolute atomic E-state index is 13.2. The molecule has 1 saturated heterocycles. The Morgan fingerprint density at radius 3 is 2.64 bits per heavy atom. The molecule has 4 heterocycles. The van der Waals surface area contributed by atoms with Gasteiger partial charge in [0.15, 0.2) is 5.65 Å². The molecule has 4 aromatic rings. The topological polar surface area (TPSA) is 80.4 Å². The number of aryl methyl sites for hydroxylation is 1. The number of likely N-dealkylation sites (tertiary alicyclic amines) is 1. The lowest BCUT2D eigenvalue weighted by Crippen LogP contribution is -2.34. The van der Waals surface area contributed by atoms with E-state index in [0.29, 0.717) is 22.9 Å². The van der Waals surface area contributed by atoms with Gasteiger partial charge in [-0.05, 0) is 63.9 Å². The monoisotopic (exact) mass is 441 g/mol. The molecule has 8 heteroatoms. The molecule has 2 fully saturated rings. The Labute approximate surface area is 192 Å². The molecule has 6 rings (SSSR count). The van der Waals surface area contributed by atoms with E-state index in [1.54, 1.807) is 29.2 Å². The third kappa shape index (κ3) is 3.91. The van der Waals surface area contributed by atoms with Crippen molar-refractivity contribution in [2.75, 3.05) is 18.4 Å². The van der Waals surface area contributed by atoms with Crippen molar-refractivity contribution in [2.24, 2.45) is 0 Å². The number of rotatable bonds is 5. The van der Waals surface area contributed by atoms with E-state index < -0.39 is 0 Å². The number of benzene rings is 1. The van der Waals surface area contributed by atoms with Gasteiger partial charge in [-0.1, -0.05) is 17.7 Å². The van der Waals surface area contributed by atoms with Crippen molar-refractivity contribution in [3.05, 3.63) is 71.8 Å². The van der Waals surface area contributed by atoms with Crippen molar-refractivity contribution in [3.8, 4) is 5.69 Å². The van der Waals surface area contributed by atoms with Gasteiger partial charge in [0.1, 0.15) is 11.4 Å². The third-order valence-electron chi connectivity index (χ3n) is 6.78. The maximum Gasteiger partial charge on any atom is 0.262 e. The first-order chi connectivity index (χ1) is 16.2. The van der Waals surface area contributed by atoms with Crippen molar-refractivity contribution in [1.82, 2.24) is 29.3 Å².